The minimum Gasteiger partial charge on any atom is -0.508 e. The van der Waals surface area contributed by atoms with Gasteiger partial charge in [-0.3, -0.25) is 0 Å². The second-order valence-corrected chi connectivity index (χ2v) is 8.65. The Morgan fingerprint density at radius 1 is 0.679 bits per heavy atom. The van der Waals surface area contributed by atoms with E-state index in [0.29, 0.717) is 11.5 Å². The van der Waals surface area contributed by atoms with E-state index in [1.165, 1.54) is 68.9 Å². The van der Waals surface area contributed by atoms with E-state index in [9.17, 15) is 10.2 Å². The van der Waals surface area contributed by atoms with E-state index in [2.05, 4.69) is 31.2 Å². The molecule has 28 heavy (non-hydrogen) atoms. The molecule has 0 aliphatic heterocycles. The first-order valence-corrected chi connectivity index (χ1v) is 11.2. The van der Waals surface area contributed by atoms with Crippen LogP contribution in [0.5, 0.6) is 11.5 Å². The summed E-state index contributed by atoms with van der Waals surface area (Å²) >= 11 is 0. The van der Waals surface area contributed by atoms with Crippen LogP contribution in [0.1, 0.15) is 88.7 Å². The van der Waals surface area contributed by atoms with Crippen LogP contribution in [0.2, 0.25) is 0 Å². The van der Waals surface area contributed by atoms with Gasteiger partial charge in [0.1, 0.15) is 11.5 Å². The van der Waals surface area contributed by atoms with Gasteiger partial charge in [0, 0.05) is 5.41 Å². The molecular formula is C26H36O2. The van der Waals surface area contributed by atoms with Gasteiger partial charge in [0.25, 0.3) is 0 Å². The molecule has 2 heteroatoms. The van der Waals surface area contributed by atoms with Gasteiger partial charge in [-0.15, -0.1) is 0 Å². The lowest BCUT2D eigenvalue weighted by molar-refractivity contribution is 0.347. The SMILES string of the molecule is CCC1CCCCCC(c2ccc(O)cc2)(c2ccc(O)cc2)CCCCC1. The van der Waals surface area contributed by atoms with Crippen LogP contribution in [0.15, 0.2) is 48.5 Å². The Labute approximate surface area is 170 Å². The minimum atomic E-state index is -0.0369. The second-order valence-electron chi connectivity index (χ2n) is 8.65. The van der Waals surface area contributed by atoms with Crippen molar-refractivity contribution in [1.82, 2.24) is 0 Å². The molecule has 1 aliphatic rings. The lowest BCUT2D eigenvalue weighted by Gasteiger charge is -2.36. The zero-order chi connectivity index (χ0) is 19.8. The van der Waals surface area contributed by atoms with Crippen LogP contribution in [-0.4, -0.2) is 10.2 Å². The quantitative estimate of drug-likeness (QED) is 0.585. The Morgan fingerprint density at radius 2 is 1.11 bits per heavy atom. The Bertz CT molecular complexity index is 641. The summed E-state index contributed by atoms with van der Waals surface area (Å²) in [5.74, 6) is 1.56. The van der Waals surface area contributed by atoms with Crippen molar-refractivity contribution in [2.75, 3.05) is 0 Å². The topological polar surface area (TPSA) is 40.5 Å². The highest BCUT2D eigenvalue weighted by Crippen LogP contribution is 2.43. The summed E-state index contributed by atoms with van der Waals surface area (Å²) in [4.78, 5) is 0. The Balaban J connectivity index is 1.91. The zero-order valence-corrected chi connectivity index (χ0v) is 17.4. The van der Waals surface area contributed by atoms with E-state index in [-0.39, 0.29) is 5.41 Å². The summed E-state index contributed by atoms with van der Waals surface area (Å²) in [7, 11) is 0. The number of rotatable bonds is 3. The van der Waals surface area contributed by atoms with E-state index < -0.39 is 0 Å². The first kappa shape index (κ1) is 20.8. The van der Waals surface area contributed by atoms with Crippen molar-refractivity contribution in [2.45, 2.75) is 83.0 Å². The summed E-state index contributed by atoms with van der Waals surface area (Å²) in [5, 5.41) is 19.6. The third-order valence-corrected chi connectivity index (χ3v) is 6.85. The highest BCUT2D eigenvalue weighted by atomic mass is 16.3. The molecule has 3 rings (SSSR count). The van der Waals surface area contributed by atoms with Crippen molar-refractivity contribution in [3.63, 3.8) is 0 Å². The van der Waals surface area contributed by atoms with E-state index in [1.807, 2.05) is 24.3 Å². The van der Waals surface area contributed by atoms with Gasteiger partial charge >= 0.3 is 0 Å². The largest absolute Gasteiger partial charge is 0.508 e. The lowest BCUT2D eigenvalue weighted by Crippen LogP contribution is -2.28. The van der Waals surface area contributed by atoms with Gasteiger partial charge in [-0.05, 0) is 54.2 Å². The molecule has 1 fully saturated rings. The van der Waals surface area contributed by atoms with Crippen LogP contribution < -0.4 is 0 Å². The molecule has 0 amide bonds. The predicted molar refractivity (Wildman–Crippen MR) is 117 cm³/mol. The molecule has 0 aromatic heterocycles. The average Bonchev–Trinajstić information content (AvgIpc) is 2.70. The summed E-state index contributed by atoms with van der Waals surface area (Å²) in [6, 6.07) is 15.7. The van der Waals surface area contributed by atoms with Crippen molar-refractivity contribution in [3.8, 4) is 11.5 Å². The lowest BCUT2D eigenvalue weighted by atomic mass is 9.67. The van der Waals surface area contributed by atoms with Crippen LogP contribution in [0.25, 0.3) is 0 Å². The zero-order valence-electron chi connectivity index (χ0n) is 17.4. The smallest absolute Gasteiger partial charge is 0.115 e. The van der Waals surface area contributed by atoms with Crippen molar-refractivity contribution < 1.29 is 10.2 Å². The van der Waals surface area contributed by atoms with Gasteiger partial charge in [-0.2, -0.15) is 0 Å². The van der Waals surface area contributed by atoms with Gasteiger partial charge in [0.2, 0.25) is 0 Å². The molecule has 0 bridgehead atoms. The molecule has 0 spiro atoms. The third-order valence-electron chi connectivity index (χ3n) is 6.85. The number of hydrogen-bond acceptors (Lipinski definition) is 2. The Kier molecular flexibility index (Phi) is 7.42. The molecule has 0 atom stereocenters. The first-order valence-electron chi connectivity index (χ1n) is 11.2. The molecule has 0 radical (unpaired) electrons. The predicted octanol–water partition coefficient (Wildman–Crippen LogP) is 7.32. The van der Waals surface area contributed by atoms with Crippen LogP contribution in [0.4, 0.5) is 0 Å². The van der Waals surface area contributed by atoms with Crippen LogP contribution in [-0.2, 0) is 5.41 Å². The van der Waals surface area contributed by atoms with Crippen LogP contribution in [0, 0.1) is 5.92 Å². The fourth-order valence-corrected chi connectivity index (χ4v) is 5.06. The van der Waals surface area contributed by atoms with Crippen molar-refractivity contribution >= 4 is 0 Å². The van der Waals surface area contributed by atoms with Gasteiger partial charge < -0.3 is 10.2 Å². The maximum absolute atomic E-state index is 9.81. The molecule has 2 aromatic carbocycles. The molecule has 1 saturated carbocycles. The Morgan fingerprint density at radius 3 is 1.50 bits per heavy atom. The van der Waals surface area contributed by atoms with E-state index in [0.717, 1.165) is 18.8 Å². The van der Waals surface area contributed by atoms with Crippen molar-refractivity contribution in [2.24, 2.45) is 5.92 Å². The molecule has 2 aromatic rings. The molecule has 0 heterocycles. The summed E-state index contributed by atoms with van der Waals surface area (Å²) in [6.45, 7) is 2.34. The second kappa shape index (κ2) is 10.0. The summed E-state index contributed by atoms with van der Waals surface area (Å²) < 4.78 is 0. The fourth-order valence-electron chi connectivity index (χ4n) is 5.06. The monoisotopic (exact) mass is 380 g/mol. The summed E-state index contributed by atoms with van der Waals surface area (Å²) in [5.41, 5.74) is 2.55. The Hall–Kier alpha value is -1.96. The van der Waals surface area contributed by atoms with Crippen molar-refractivity contribution in [3.05, 3.63) is 59.7 Å². The highest BCUT2D eigenvalue weighted by molar-refractivity contribution is 5.43. The number of benzene rings is 2. The highest BCUT2D eigenvalue weighted by Gasteiger charge is 2.33. The van der Waals surface area contributed by atoms with Crippen LogP contribution >= 0.6 is 0 Å². The van der Waals surface area contributed by atoms with Crippen molar-refractivity contribution in [1.29, 1.82) is 0 Å². The number of hydrogen-bond donors (Lipinski definition) is 2. The average molecular weight is 381 g/mol. The standard InChI is InChI=1S/C26H36O2/c1-2-21-9-5-3-7-19-26(20-8-4-6-10-21,22-11-15-24(27)16-12-22)23-13-17-25(28)18-14-23/h11-18,21,27-28H,2-10,19-20H2,1H3. The number of phenolic OH excluding ortho intramolecular Hbond substituents is 2. The number of phenols is 2. The van der Waals surface area contributed by atoms with Gasteiger partial charge in [-0.25, -0.2) is 0 Å². The third kappa shape index (κ3) is 5.10. The minimum absolute atomic E-state index is 0.0369. The first-order chi connectivity index (χ1) is 13.6. The van der Waals surface area contributed by atoms with E-state index >= 15 is 0 Å². The molecule has 2 N–H and O–H groups in total. The molecule has 0 saturated heterocycles. The normalized spacial score (nSPS) is 19.5. The van der Waals surface area contributed by atoms with Gasteiger partial charge in [0.15, 0.2) is 0 Å². The molecule has 0 unspecified atom stereocenters. The maximum atomic E-state index is 9.81. The van der Waals surface area contributed by atoms with Crippen LogP contribution in [0.3, 0.4) is 0 Å². The maximum Gasteiger partial charge on any atom is 0.115 e. The van der Waals surface area contributed by atoms with Gasteiger partial charge in [-0.1, -0.05) is 89.0 Å². The number of aromatic hydroxyl groups is 2. The molecule has 2 nitrogen and oxygen atoms in total. The van der Waals surface area contributed by atoms with E-state index in [4.69, 9.17) is 0 Å². The summed E-state index contributed by atoms with van der Waals surface area (Å²) in [6.07, 6.45) is 14.0. The fraction of sp³-hybridized carbons (Fsp3) is 0.538. The van der Waals surface area contributed by atoms with Gasteiger partial charge in [0.05, 0.1) is 0 Å². The van der Waals surface area contributed by atoms with E-state index in [1.54, 1.807) is 0 Å². The molecular weight excluding hydrogens is 344 g/mol. The molecule has 152 valence electrons. The molecule has 1 aliphatic carbocycles.